The highest BCUT2D eigenvalue weighted by molar-refractivity contribution is 5.96. The topological polar surface area (TPSA) is 108 Å². The molecule has 0 saturated heterocycles. The van der Waals surface area contributed by atoms with Gasteiger partial charge < -0.3 is 19.2 Å². The van der Waals surface area contributed by atoms with Crippen molar-refractivity contribution in [1.82, 2.24) is 14.9 Å². The van der Waals surface area contributed by atoms with Gasteiger partial charge in [0.05, 0.1) is 27.4 Å². The average Bonchev–Trinajstić information content (AvgIpc) is 3.53. The van der Waals surface area contributed by atoms with E-state index in [9.17, 15) is 10.2 Å². The average molecular weight is 620 g/mol. The van der Waals surface area contributed by atoms with Crippen LogP contribution in [0.15, 0.2) is 119 Å². The van der Waals surface area contributed by atoms with Crippen molar-refractivity contribution in [2.75, 3.05) is 5.43 Å². The maximum absolute atomic E-state index is 11.2. The Labute approximate surface area is 270 Å². The number of nitrogens with one attached hydrogen (secondary N) is 2. The number of nitrogens with zero attached hydrogens (tertiary/aromatic N) is 3. The number of benzene rings is 5. The van der Waals surface area contributed by atoms with Crippen LogP contribution in [0.1, 0.15) is 24.5 Å². The number of aliphatic hydroxyl groups excluding tert-OH is 1. The van der Waals surface area contributed by atoms with Crippen LogP contribution < -0.4 is 26.8 Å². The Balaban J connectivity index is 1.26. The van der Waals surface area contributed by atoms with Gasteiger partial charge in [-0.05, 0) is 72.3 Å². The lowest BCUT2D eigenvalue weighted by Crippen LogP contribution is -2.48. The minimum Gasteiger partial charge on any atom is -0.506 e. The maximum Gasteiger partial charge on any atom is 0.164 e. The number of rotatable bonds is 6. The summed E-state index contributed by atoms with van der Waals surface area (Å²) in [6, 6.07) is 35.1. The van der Waals surface area contributed by atoms with Gasteiger partial charge in [0.25, 0.3) is 0 Å². The Hall–Kier alpha value is -5.70. The first kappa shape index (κ1) is 28.8. The summed E-state index contributed by atoms with van der Waals surface area (Å²) in [5, 5.41) is 35.4. The van der Waals surface area contributed by atoms with Crippen LogP contribution in [0.5, 0.6) is 5.75 Å². The second kappa shape index (κ2) is 11.6. The van der Waals surface area contributed by atoms with Crippen molar-refractivity contribution in [3.05, 3.63) is 137 Å². The molecule has 3 atom stereocenters. The van der Waals surface area contributed by atoms with Crippen LogP contribution in [0.25, 0.3) is 51.0 Å². The second-order valence-electron chi connectivity index (χ2n) is 12.1. The van der Waals surface area contributed by atoms with Crippen molar-refractivity contribution in [2.24, 2.45) is 11.0 Å². The Morgan fingerprint density at radius 3 is 2.47 bits per heavy atom. The highest BCUT2D eigenvalue weighted by Crippen LogP contribution is 2.32. The second-order valence-corrected chi connectivity index (χ2v) is 12.1. The summed E-state index contributed by atoms with van der Waals surface area (Å²) in [6.45, 7) is 4.12. The number of anilines is 1. The highest BCUT2D eigenvalue weighted by atomic mass is 16.4. The van der Waals surface area contributed by atoms with Gasteiger partial charge in [0.1, 0.15) is 22.8 Å². The molecule has 1 aromatic heterocycles. The normalized spacial score (nSPS) is 17.0. The van der Waals surface area contributed by atoms with Crippen LogP contribution in [-0.2, 0) is 0 Å². The van der Waals surface area contributed by atoms with E-state index in [2.05, 4.69) is 46.5 Å². The third-order valence-corrected chi connectivity index (χ3v) is 8.88. The van der Waals surface area contributed by atoms with Gasteiger partial charge in [0, 0.05) is 22.5 Å². The van der Waals surface area contributed by atoms with E-state index in [0.29, 0.717) is 11.4 Å². The predicted molar refractivity (Wildman–Crippen MR) is 185 cm³/mol. The number of aryl methyl sites for hydroxylation is 1. The lowest BCUT2D eigenvalue weighted by molar-refractivity contribution is 0.105. The molecular formula is C39H33N5O3. The molecule has 0 radical (unpaired) electrons. The van der Waals surface area contributed by atoms with Crippen molar-refractivity contribution < 1.29 is 14.6 Å². The Morgan fingerprint density at radius 1 is 0.872 bits per heavy atom. The van der Waals surface area contributed by atoms with Crippen LogP contribution in [0.4, 0.5) is 5.69 Å². The number of aliphatic hydroxyl groups is 1. The van der Waals surface area contributed by atoms with Gasteiger partial charge in [-0.3, -0.25) is 10.7 Å². The standard InChI is InChI=1S/C39H33N5O3/c1-23-18-31-33(21-29(23)41-39(46)37-20-26-11-7-9-15-36(26)47-37)44(27-12-4-3-5-13-27)34-22-30(24(2)19-32(34)40-31)42-43-38-28-14-8-6-10-25(28)16-17-35(38)45/h3-23,29,39,41,43,45-46H,1-2H3. The van der Waals surface area contributed by atoms with Gasteiger partial charge in [0.15, 0.2) is 6.23 Å². The summed E-state index contributed by atoms with van der Waals surface area (Å²) in [5.74, 6) is 0.642. The molecule has 2 heterocycles. The van der Waals surface area contributed by atoms with Crippen molar-refractivity contribution in [3.8, 4) is 22.8 Å². The molecule has 8 nitrogen and oxygen atoms in total. The lowest BCUT2D eigenvalue weighted by Gasteiger charge is -2.27. The third kappa shape index (κ3) is 5.23. The Morgan fingerprint density at radius 2 is 1.64 bits per heavy atom. The summed E-state index contributed by atoms with van der Waals surface area (Å²) in [4.78, 5) is 5.11. The van der Waals surface area contributed by atoms with E-state index in [-0.39, 0.29) is 17.7 Å². The van der Waals surface area contributed by atoms with E-state index in [1.165, 1.54) is 0 Å². The number of fused-ring (bicyclic) bond motifs is 4. The fraction of sp³-hybridized carbons (Fsp3) is 0.128. The molecule has 0 bridgehead atoms. The molecule has 3 aliphatic rings. The molecule has 8 rings (SSSR count). The fourth-order valence-corrected chi connectivity index (χ4v) is 6.40. The van der Waals surface area contributed by atoms with Gasteiger partial charge in [-0.2, -0.15) is 5.10 Å². The van der Waals surface area contributed by atoms with Crippen molar-refractivity contribution in [3.63, 3.8) is 0 Å². The first-order valence-electron chi connectivity index (χ1n) is 15.7. The third-order valence-electron chi connectivity index (χ3n) is 8.88. The quantitative estimate of drug-likeness (QED) is 0.108. The largest absolute Gasteiger partial charge is 0.506 e. The van der Waals surface area contributed by atoms with E-state index in [1.54, 1.807) is 6.07 Å². The van der Waals surface area contributed by atoms with Gasteiger partial charge in [-0.15, -0.1) is 0 Å². The van der Waals surface area contributed by atoms with Gasteiger partial charge in [-0.1, -0.05) is 79.7 Å². The Kier molecular flexibility index (Phi) is 7.09. The van der Waals surface area contributed by atoms with Crippen molar-refractivity contribution in [1.29, 1.82) is 0 Å². The lowest BCUT2D eigenvalue weighted by atomic mass is 9.96. The first-order chi connectivity index (χ1) is 22.9. The minimum absolute atomic E-state index is 0.0450. The number of hydrogen-bond donors (Lipinski definition) is 4. The zero-order valence-electron chi connectivity index (χ0n) is 25.9. The predicted octanol–water partition coefficient (Wildman–Crippen LogP) is 5.68. The molecule has 0 amide bonds. The molecule has 2 aliphatic carbocycles. The van der Waals surface area contributed by atoms with E-state index in [1.807, 2.05) is 97.9 Å². The number of aromatic nitrogens is 2. The van der Waals surface area contributed by atoms with Gasteiger partial charge in [0.2, 0.25) is 0 Å². The SMILES string of the molecule is Cc1cc2nc3c(n(-c4ccccc4)c-2cc1=NNc1c(O)ccc2ccccc12)=CC(NC(O)c1cc2ccccc2o1)C(C)C=3. The number of phenols is 1. The summed E-state index contributed by atoms with van der Waals surface area (Å²) in [7, 11) is 0. The molecule has 3 unspecified atom stereocenters. The van der Waals surface area contributed by atoms with Crippen molar-refractivity contribution >= 4 is 39.6 Å². The smallest absolute Gasteiger partial charge is 0.164 e. The van der Waals surface area contributed by atoms with Crippen molar-refractivity contribution in [2.45, 2.75) is 26.1 Å². The maximum atomic E-state index is 11.2. The first-order valence-corrected chi connectivity index (χ1v) is 15.7. The summed E-state index contributed by atoms with van der Waals surface area (Å²) in [6.07, 6.45) is 3.29. The molecule has 1 aliphatic heterocycles. The number of para-hydroxylation sites is 2. The van der Waals surface area contributed by atoms with E-state index >= 15 is 0 Å². The van der Waals surface area contributed by atoms with E-state index in [0.717, 1.165) is 60.4 Å². The van der Waals surface area contributed by atoms with Gasteiger partial charge >= 0.3 is 0 Å². The van der Waals surface area contributed by atoms with Crippen LogP contribution in [0, 0.1) is 12.8 Å². The number of hydrogen-bond acceptors (Lipinski definition) is 7. The monoisotopic (exact) mass is 619 g/mol. The molecule has 4 aromatic carbocycles. The zero-order valence-corrected chi connectivity index (χ0v) is 25.9. The van der Waals surface area contributed by atoms with Crippen LogP contribution in [0.2, 0.25) is 0 Å². The molecule has 232 valence electrons. The summed E-state index contributed by atoms with van der Waals surface area (Å²) >= 11 is 0. The number of phenolic OH excluding ortho intramolecular Hbond substituents is 1. The minimum atomic E-state index is -0.996. The Bertz CT molecular complexity index is 2410. The molecule has 0 spiro atoms. The molecule has 5 aromatic rings. The fourth-order valence-electron chi connectivity index (χ4n) is 6.40. The van der Waals surface area contributed by atoms with Gasteiger partial charge in [-0.25, -0.2) is 4.98 Å². The molecule has 8 heteroatoms. The summed E-state index contributed by atoms with van der Waals surface area (Å²) < 4.78 is 8.14. The van der Waals surface area contributed by atoms with E-state index in [4.69, 9.17) is 14.5 Å². The molecule has 0 fully saturated rings. The van der Waals surface area contributed by atoms with Crippen LogP contribution >= 0.6 is 0 Å². The number of furan rings is 1. The molecule has 0 saturated carbocycles. The van der Waals surface area contributed by atoms with Crippen LogP contribution in [0.3, 0.4) is 0 Å². The molecule has 47 heavy (non-hydrogen) atoms. The van der Waals surface area contributed by atoms with E-state index < -0.39 is 6.23 Å². The zero-order chi connectivity index (χ0) is 32.1. The molecular weight excluding hydrogens is 586 g/mol. The van der Waals surface area contributed by atoms with Crippen LogP contribution in [-0.4, -0.2) is 25.8 Å². The highest BCUT2D eigenvalue weighted by Gasteiger charge is 2.25. The molecule has 4 N–H and O–H groups in total. The summed E-state index contributed by atoms with van der Waals surface area (Å²) in [5.41, 5.74) is 8.06. The number of aromatic hydroxyl groups is 1.